The Labute approximate surface area is 153 Å². The summed E-state index contributed by atoms with van der Waals surface area (Å²) in [6.45, 7) is 2.90. The van der Waals surface area contributed by atoms with Crippen LogP contribution in [-0.2, 0) is 19.6 Å². The van der Waals surface area contributed by atoms with Crippen LogP contribution in [0.25, 0.3) is 0 Å². The molecule has 1 aromatic carbocycles. The highest BCUT2D eigenvalue weighted by Crippen LogP contribution is 2.20. The van der Waals surface area contributed by atoms with E-state index in [9.17, 15) is 18.0 Å². The molecule has 8 nitrogen and oxygen atoms in total. The molecule has 1 heterocycles. The third-order valence-corrected chi connectivity index (χ3v) is 6.27. The maximum absolute atomic E-state index is 12.6. The Hall–Kier alpha value is -2.13. The number of sulfonamides is 1. The third-order valence-electron chi connectivity index (χ3n) is 4.45. The maximum atomic E-state index is 12.6. The van der Waals surface area contributed by atoms with E-state index in [0.717, 1.165) is 4.31 Å². The Morgan fingerprint density at radius 3 is 2.31 bits per heavy atom. The molecule has 0 aromatic heterocycles. The Morgan fingerprint density at radius 2 is 1.81 bits per heavy atom. The van der Waals surface area contributed by atoms with Gasteiger partial charge in [-0.3, -0.25) is 9.59 Å². The fraction of sp³-hybridized carbons (Fsp3) is 0.529. The minimum atomic E-state index is -3.77. The van der Waals surface area contributed by atoms with E-state index >= 15 is 0 Å². The Bertz CT molecular complexity index is 740. The van der Waals surface area contributed by atoms with Crippen LogP contribution in [0.4, 0.5) is 0 Å². The number of piperidine rings is 1. The maximum Gasteiger partial charge on any atom is 0.243 e. The number of amides is 2. The van der Waals surface area contributed by atoms with Crippen LogP contribution in [0.15, 0.2) is 29.2 Å². The number of likely N-dealkylation sites (N-methyl/N-ethyl adjacent to an activating group) is 1. The molecule has 0 atom stereocenters. The number of rotatable bonds is 7. The summed E-state index contributed by atoms with van der Waals surface area (Å²) < 4.78 is 31.6. The molecular weight excluding hydrogens is 358 g/mol. The van der Waals surface area contributed by atoms with E-state index in [0.29, 0.717) is 38.3 Å². The van der Waals surface area contributed by atoms with Crippen molar-refractivity contribution in [3.05, 3.63) is 24.3 Å². The van der Waals surface area contributed by atoms with Crippen LogP contribution in [0.1, 0.15) is 19.8 Å². The average molecular weight is 383 g/mol. The molecule has 2 amide bonds. The minimum Gasteiger partial charge on any atom is -0.494 e. The van der Waals surface area contributed by atoms with Gasteiger partial charge >= 0.3 is 0 Å². The van der Waals surface area contributed by atoms with Gasteiger partial charge in [0.1, 0.15) is 5.75 Å². The normalized spacial score (nSPS) is 15.9. The highest BCUT2D eigenvalue weighted by atomic mass is 32.2. The summed E-state index contributed by atoms with van der Waals surface area (Å²) in [5.74, 6) is -0.274. The van der Waals surface area contributed by atoms with Crippen molar-refractivity contribution in [2.75, 3.05) is 33.3 Å². The molecule has 0 unspecified atom stereocenters. The molecule has 1 aliphatic rings. The van der Waals surface area contributed by atoms with Gasteiger partial charge in [0.2, 0.25) is 21.8 Å². The predicted octanol–water partition coefficient (Wildman–Crippen LogP) is 0.430. The number of carbonyl (C=O) groups is 2. The first-order chi connectivity index (χ1) is 12.3. The molecule has 2 rings (SSSR count). The molecule has 1 aromatic rings. The van der Waals surface area contributed by atoms with Gasteiger partial charge in [0.05, 0.1) is 18.0 Å². The van der Waals surface area contributed by atoms with Gasteiger partial charge < -0.3 is 15.4 Å². The standard InChI is InChI=1S/C17H25N3O5S/c1-3-25-14-4-6-15(7-5-14)26(23,24)19(2)12-16(21)20-10-8-13(9-11-20)17(18)22/h4-7,13H,3,8-12H2,1-2H3,(H2,18,22). The van der Waals surface area contributed by atoms with Gasteiger partial charge in [-0.05, 0) is 44.0 Å². The Kier molecular flexibility index (Phi) is 6.60. The molecule has 0 spiro atoms. The first-order valence-corrected chi connectivity index (χ1v) is 9.96. The summed E-state index contributed by atoms with van der Waals surface area (Å²) >= 11 is 0. The molecule has 144 valence electrons. The predicted molar refractivity (Wildman–Crippen MR) is 95.9 cm³/mol. The van der Waals surface area contributed by atoms with Crippen LogP contribution >= 0.6 is 0 Å². The van der Waals surface area contributed by atoms with Crippen LogP contribution in [-0.4, -0.2) is 62.7 Å². The summed E-state index contributed by atoms with van der Waals surface area (Å²) in [4.78, 5) is 25.2. The molecule has 1 fully saturated rings. The van der Waals surface area contributed by atoms with Gasteiger partial charge in [-0.1, -0.05) is 0 Å². The smallest absolute Gasteiger partial charge is 0.243 e. The number of hydrogen-bond donors (Lipinski definition) is 1. The highest BCUT2D eigenvalue weighted by Gasteiger charge is 2.29. The molecule has 0 saturated carbocycles. The van der Waals surface area contributed by atoms with Crippen LogP contribution in [0.3, 0.4) is 0 Å². The van der Waals surface area contributed by atoms with Crippen LogP contribution in [0.5, 0.6) is 5.75 Å². The van der Waals surface area contributed by atoms with Crippen molar-refractivity contribution in [3.8, 4) is 5.75 Å². The van der Waals surface area contributed by atoms with Crippen molar-refractivity contribution in [2.24, 2.45) is 11.7 Å². The first-order valence-electron chi connectivity index (χ1n) is 8.52. The van der Waals surface area contributed by atoms with E-state index in [-0.39, 0.29) is 29.2 Å². The number of likely N-dealkylation sites (tertiary alicyclic amines) is 1. The van der Waals surface area contributed by atoms with Gasteiger partial charge in [0, 0.05) is 26.1 Å². The van der Waals surface area contributed by atoms with Crippen LogP contribution < -0.4 is 10.5 Å². The van der Waals surface area contributed by atoms with Crippen molar-refractivity contribution in [3.63, 3.8) is 0 Å². The van der Waals surface area contributed by atoms with Gasteiger partial charge in [0.25, 0.3) is 0 Å². The Morgan fingerprint density at radius 1 is 1.23 bits per heavy atom. The van der Waals surface area contributed by atoms with E-state index in [1.165, 1.54) is 19.2 Å². The largest absolute Gasteiger partial charge is 0.494 e. The molecule has 0 aliphatic carbocycles. The molecular formula is C17H25N3O5S. The van der Waals surface area contributed by atoms with Crippen LogP contribution in [0.2, 0.25) is 0 Å². The second-order valence-electron chi connectivity index (χ2n) is 6.22. The van der Waals surface area contributed by atoms with E-state index < -0.39 is 10.0 Å². The fourth-order valence-corrected chi connectivity index (χ4v) is 3.96. The molecule has 9 heteroatoms. The molecule has 1 aliphatic heterocycles. The fourth-order valence-electron chi connectivity index (χ4n) is 2.84. The summed E-state index contributed by atoms with van der Waals surface area (Å²) in [6.07, 6.45) is 1.02. The number of benzene rings is 1. The summed E-state index contributed by atoms with van der Waals surface area (Å²) in [6, 6.07) is 6.08. The van der Waals surface area contributed by atoms with E-state index in [1.54, 1.807) is 17.0 Å². The molecule has 0 radical (unpaired) electrons. The summed E-state index contributed by atoms with van der Waals surface area (Å²) in [7, 11) is -2.40. The molecule has 26 heavy (non-hydrogen) atoms. The lowest BCUT2D eigenvalue weighted by Crippen LogP contribution is -2.46. The number of hydrogen-bond acceptors (Lipinski definition) is 5. The van der Waals surface area contributed by atoms with Crippen molar-refractivity contribution in [1.29, 1.82) is 0 Å². The number of ether oxygens (including phenoxy) is 1. The minimum absolute atomic E-state index is 0.101. The van der Waals surface area contributed by atoms with Gasteiger partial charge in [0.15, 0.2) is 0 Å². The molecule has 2 N–H and O–H groups in total. The lowest BCUT2D eigenvalue weighted by molar-refractivity contribution is -0.134. The monoisotopic (exact) mass is 383 g/mol. The third kappa shape index (κ3) is 4.73. The molecule has 1 saturated heterocycles. The van der Waals surface area contributed by atoms with Crippen LogP contribution in [0, 0.1) is 5.92 Å². The number of carbonyl (C=O) groups excluding carboxylic acids is 2. The van der Waals surface area contributed by atoms with Crippen molar-refractivity contribution in [1.82, 2.24) is 9.21 Å². The van der Waals surface area contributed by atoms with E-state index in [4.69, 9.17) is 10.5 Å². The number of primary amides is 1. The van der Waals surface area contributed by atoms with Gasteiger partial charge in [-0.15, -0.1) is 0 Å². The van der Waals surface area contributed by atoms with Gasteiger partial charge in [-0.2, -0.15) is 4.31 Å². The summed E-state index contributed by atoms with van der Waals surface area (Å²) in [5.41, 5.74) is 5.28. The number of nitrogens with zero attached hydrogens (tertiary/aromatic N) is 2. The average Bonchev–Trinajstić information content (AvgIpc) is 2.62. The summed E-state index contributed by atoms with van der Waals surface area (Å²) in [5, 5.41) is 0. The topological polar surface area (TPSA) is 110 Å². The zero-order chi connectivity index (χ0) is 19.3. The van der Waals surface area contributed by atoms with Crippen molar-refractivity contribution >= 4 is 21.8 Å². The first kappa shape index (κ1) is 20.2. The van der Waals surface area contributed by atoms with E-state index in [2.05, 4.69) is 0 Å². The molecule has 0 bridgehead atoms. The van der Waals surface area contributed by atoms with Crippen molar-refractivity contribution in [2.45, 2.75) is 24.7 Å². The lowest BCUT2D eigenvalue weighted by atomic mass is 9.96. The zero-order valence-electron chi connectivity index (χ0n) is 15.1. The second-order valence-corrected chi connectivity index (χ2v) is 8.27. The Balaban J connectivity index is 1.98. The highest BCUT2D eigenvalue weighted by molar-refractivity contribution is 7.89. The lowest BCUT2D eigenvalue weighted by Gasteiger charge is -2.31. The quantitative estimate of drug-likeness (QED) is 0.734. The van der Waals surface area contributed by atoms with Crippen molar-refractivity contribution < 1.29 is 22.7 Å². The van der Waals surface area contributed by atoms with Gasteiger partial charge in [-0.25, -0.2) is 8.42 Å². The zero-order valence-corrected chi connectivity index (χ0v) is 15.9. The SMILES string of the molecule is CCOc1ccc(S(=O)(=O)N(C)CC(=O)N2CCC(C(N)=O)CC2)cc1. The van der Waals surface area contributed by atoms with E-state index in [1.807, 2.05) is 6.92 Å². The number of nitrogens with two attached hydrogens (primary N) is 1. The second kappa shape index (κ2) is 8.50.